The quantitative estimate of drug-likeness (QED) is 0.269. The van der Waals surface area contributed by atoms with E-state index in [1.807, 2.05) is 37.4 Å². The highest BCUT2D eigenvalue weighted by atomic mass is 19.1. The van der Waals surface area contributed by atoms with Gasteiger partial charge in [-0.1, -0.05) is 44.4 Å². The van der Waals surface area contributed by atoms with Crippen molar-refractivity contribution in [1.82, 2.24) is 15.2 Å². The number of halogens is 1. The molecule has 1 saturated carbocycles. The first kappa shape index (κ1) is 30.2. The Kier molecular flexibility index (Phi) is 10.3. The number of hydrogen-bond acceptors (Lipinski definition) is 6. The summed E-state index contributed by atoms with van der Waals surface area (Å²) in [4.78, 5) is 21.5. The van der Waals surface area contributed by atoms with Crippen LogP contribution < -0.4 is 15.0 Å². The number of carboxylic acids is 1. The third-order valence-electron chi connectivity index (χ3n) is 9.40. The summed E-state index contributed by atoms with van der Waals surface area (Å²) in [6.45, 7) is 5.95. The molecule has 2 aromatic carbocycles. The van der Waals surface area contributed by atoms with Gasteiger partial charge < -0.3 is 20.1 Å². The number of nitrogens with zero attached hydrogens (tertiary/aromatic N) is 3. The molecule has 226 valence electrons. The summed E-state index contributed by atoms with van der Waals surface area (Å²) in [6, 6.07) is 15.5. The Bertz CT molecular complexity index is 1310. The van der Waals surface area contributed by atoms with Gasteiger partial charge in [-0.3, -0.25) is 9.69 Å². The Balaban J connectivity index is 1.27. The highest BCUT2D eigenvalue weighted by molar-refractivity contribution is 5.92. The van der Waals surface area contributed by atoms with E-state index in [4.69, 9.17) is 4.74 Å². The second-order valence-corrected chi connectivity index (χ2v) is 12.0. The molecular weight excluding hydrogens is 531 g/mol. The molecule has 0 amide bonds. The van der Waals surface area contributed by atoms with Crippen molar-refractivity contribution < 1.29 is 19.0 Å². The Morgan fingerprint density at radius 2 is 1.83 bits per heavy atom. The van der Waals surface area contributed by atoms with E-state index in [0.717, 1.165) is 80.7 Å². The van der Waals surface area contributed by atoms with Crippen LogP contribution in [-0.2, 0) is 11.3 Å². The molecule has 2 aliphatic rings. The second kappa shape index (κ2) is 14.3. The van der Waals surface area contributed by atoms with E-state index in [-0.39, 0.29) is 11.9 Å². The van der Waals surface area contributed by atoms with E-state index in [0.29, 0.717) is 12.0 Å². The van der Waals surface area contributed by atoms with Crippen molar-refractivity contribution in [3.8, 4) is 5.75 Å². The molecule has 1 aliphatic carbocycles. The third kappa shape index (κ3) is 7.39. The molecule has 2 heterocycles. The number of piperidine rings is 1. The van der Waals surface area contributed by atoms with E-state index < -0.39 is 11.9 Å². The first-order valence-electron chi connectivity index (χ1n) is 15.6. The summed E-state index contributed by atoms with van der Waals surface area (Å²) in [6.07, 6.45) is 9.60. The van der Waals surface area contributed by atoms with Crippen LogP contribution in [0.3, 0.4) is 0 Å². The Hall–Kier alpha value is -3.23. The van der Waals surface area contributed by atoms with E-state index in [1.165, 1.54) is 30.9 Å². The maximum Gasteiger partial charge on any atom is 0.307 e. The minimum atomic E-state index is -0.720. The van der Waals surface area contributed by atoms with Gasteiger partial charge in [0, 0.05) is 56.4 Å². The van der Waals surface area contributed by atoms with Crippen LogP contribution in [0.1, 0.15) is 57.4 Å². The number of nitrogens with one attached hydrogen (secondary N) is 1. The van der Waals surface area contributed by atoms with Gasteiger partial charge in [0.15, 0.2) is 0 Å². The molecule has 1 saturated heterocycles. The van der Waals surface area contributed by atoms with Gasteiger partial charge in [-0.15, -0.1) is 0 Å². The maximum absolute atomic E-state index is 14.1. The minimum absolute atomic E-state index is 0.00897. The molecule has 3 aromatic rings. The zero-order valence-electron chi connectivity index (χ0n) is 25.0. The molecule has 0 spiro atoms. The lowest BCUT2D eigenvalue weighted by molar-refractivity contribution is -0.142. The van der Waals surface area contributed by atoms with Crippen LogP contribution in [0.15, 0.2) is 54.7 Å². The number of carboxylic acid groups (broad SMARTS) is 1. The lowest BCUT2D eigenvalue weighted by Crippen LogP contribution is -2.50. The molecule has 1 aliphatic heterocycles. The zero-order valence-corrected chi connectivity index (χ0v) is 25.0. The Morgan fingerprint density at radius 1 is 1.10 bits per heavy atom. The highest BCUT2D eigenvalue weighted by Crippen LogP contribution is 2.31. The number of aromatic nitrogens is 1. The van der Waals surface area contributed by atoms with Gasteiger partial charge in [0.2, 0.25) is 0 Å². The molecule has 42 heavy (non-hydrogen) atoms. The van der Waals surface area contributed by atoms with E-state index in [2.05, 4.69) is 32.2 Å². The maximum atomic E-state index is 14.1. The summed E-state index contributed by atoms with van der Waals surface area (Å²) in [7, 11) is 1.68. The first-order valence-corrected chi connectivity index (χ1v) is 15.6. The molecule has 2 unspecified atom stereocenters. The topological polar surface area (TPSA) is 77.9 Å². The van der Waals surface area contributed by atoms with Gasteiger partial charge in [0.1, 0.15) is 17.4 Å². The van der Waals surface area contributed by atoms with Crippen LogP contribution in [0.5, 0.6) is 5.75 Å². The van der Waals surface area contributed by atoms with Crippen molar-refractivity contribution in [2.24, 2.45) is 11.8 Å². The van der Waals surface area contributed by atoms with E-state index in [9.17, 15) is 14.3 Å². The molecule has 2 atom stereocenters. The number of pyridine rings is 1. The molecule has 7 nitrogen and oxygen atoms in total. The molecule has 2 fully saturated rings. The van der Waals surface area contributed by atoms with Crippen LogP contribution in [0, 0.1) is 17.7 Å². The van der Waals surface area contributed by atoms with Crippen LogP contribution in [0.25, 0.3) is 10.8 Å². The van der Waals surface area contributed by atoms with E-state index in [1.54, 1.807) is 13.2 Å². The van der Waals surface area contributed by atoms with Crippen LogP contribution in [0.4, 0.5) is 10.2 Å². The number of ether oxygens (including phenoxy) is 1. The van der Waals surface area contributed by atoms with Gasteiger partial charge >= 0.3 is 5.97 Å². The van der Waals surface area contributed by atoms with Crippen molar-refractivity contribution in [2.75, 3.05) is 38.2 Å². The number of carbonyl (C=O) groups is 1. The van der Waals surface area contributed by atoms with Crippen LogP contribution >= 0.6 is 0 Å². The molecule has 8 heteroatoms. The standard InChI is InChI=1S/C34H45FN4O3/c1-24(34(40)41)32(27-6-4-3-5-7-27)36-18-21-39(23-25-8-12-30(42-2)13-9-25)29-15-19-38(20-16-29)33-31-22-28(35)11-10-26(31)14-17-37-33/h8-14,17,22,24,27,29,32,36H,3-7,15-16,18-21,23H2,1-2H3,(H,40,41). The van der Waals surface area contributed by atoms with Gasteiger partial charge in [-0.25, -0.2) is 9.37 Å². The fourth-order valence-electron chi connectivity index (χ4n) is 6.95. The smallest absolute Gasteiger partial charge is 0.307 e. The predicted molar refractivity (Wildman–Crippen MR) is 166 cm³/mol. The third-order valence-corrected chi connectivity index (χ3v) is 9.40. The van der Waals surface area contributed by atoms with Gasteiger partial charge in [0.05, 0.1) is 13.0 Å². The normalized spacial score (nSPS) is 18.3. The van der Waals surface area contributed by atoms with Crippen LogP contribution in [-0.4, -0.2) is 66.3 Å². The molecule has 0 radical (unpaired) electrons. The molecule has 0 bridgehead atoms. The van der Waals surface area contributed by atoms with E-state index >= 15 is 0 Å². The fourth-order valence-corrected chi connectivity index (χ4v) is 6.95. The van der Waals surface area contributed by atoms with Crippen molar-refractivity contribution in [1.29, 1.82) is 0 Å². The number of fused-ring (bicyclic) bond motifs is 1. The van der Waals surface area contributed by atoms with Crippen molar-refractivity contribution in [3.63, 3.8) is 0 Å². The highest BCUT2D eigenvalue weighted by Gasteiger charge is 2.32. The number of methoxy groups -OCH3 is 1. The summed E-state index contributed by atoms with van der Waals surface area (Å²) < 4.78 is 19.5. The fraction of sp³-hybridized carbons (Fsp3) is 0.529. The number of benzene rings is 2. The first-order chi connectivity index (χ1) is 20.4. The van der Waals surface area contributed by atoms with Crippen molar-refractivity contribution in [3.05, 3.63) is 66.1 Å². The lowest BCUT2D eigenvalue weighted by atomic mass is 9.79. The molecule has 1 aromatic heterocycles. The van der Waals surface area contributed by atoms with Gasteiger partial charge in [-0.05, 0) is 72.9 Å². The monoisotopic (exact) mass is 576 g/mol. The average molecular weight is 577 g/mol. The summed E-state index contributed by atoms with van der Waals surface area (Å²) in [5, 5.41) is 15.4. The lowest BCUT2D eigenvalue weighted by Gasteiger charge is -2.40. The Morgan fingerprint density at radius 3 is 2.52 bits per heavy atom. The SMILES string of the molecule is COc1ccc(CN(CCNC(C2CCCCC2)C(C)C(=O)O)C2CCN(c3nccc4ccc(F)cc34)CC2)cc1. The largest absolute Gasteiger partial charge is 0.497 e. The summed E-state index contributed by atoms with van der Waals surface area (Å²) in [5.74, 6) is 0.741. The number of rotatable bonds is 12. The molecule has 5 rings (SSSR count). The number of hydrogen-bond donors (Lipinski definition) is 2. The van der Waals surface area contributed by atoms with Crippen LogP contribution in [0.2, 0.25) is 0 Å². The van der Waals surface area contributed by atoms with Crippen molar-refractivity contribution >= 4 is 22.6 Å². The summed E-state index contributed by atoms with van der Waals surface area (Å²) in [5.41, 5.74) is 1.23. The Labute approximate surface area is 249 Å². The number of anilines is 1. The van der Waals surface area contributed by atoms with Gasteiger partial charge in [0.25, 0.3) is 0 Å². The van der Waals surface area contributed by atoms with Crippen molar-refractivity contribution in [2.45, 2.75) is 70.5 Å². The minimum Gasteiger partial charge on any atom is -0.497 e. The second-order valence-electron chi connectivity index (χ2n) is 12.0. The predicted octanol–water partition coefficient (Wildman–Crippen LogP) is 6.11. The average Bonchev–Trinajstić information content (AvgIpc) is 3.02. The zero-order chi connectivity index (χ0) is 29.5. The summed E-state index contributed by atoms with van der Waals surface area (Å²) >= 11 is 0. The van der Waals surface area contributed by atoms with Gasteiger partial charge in [-0.2, -0.15) is 0 Å². The number of aliphatic carboxylic acids is 1. The molecule has 2 N–H and O–H groups in total. The molecular formula is C34H45FN4O3.